The largest absolute Gasteiger partial charge is 0.445 e. The van der Waals surface area contributed by atoms with E-state index in [2.05, 4.69) is 11.4 Å². The van der Waals surface area contributed by atoms with Gasteiger partial charge in [0.1, 0.15) is 24.7 Å². The molecule has 0 bridgehead atoms. The molecule has 1 spiro atoms. The van der Waals surface area contributed by atoms with Gasteiger partial charge >= 0.3 is 6.09 Å². The maximum atomic E-state index is 14.4. The molecule has 0 aliphatic carbocycles. The van der Waals surface area contributed by atoms with Crippen molar-refractivity contribution >= 4 is 29.5 Å². The minimum Gasteiger partial charge on any atom is -0.445 e. The van der Waals surface area contributed by atoms with Gasteiger partial charge in [0.15, 0.2) is 0 Å². The van der Waals surface area contributed by atoms with E-state index in [0.717, 1.165) is 11.1 Å². The summed E-state index contributed by atoms with van der Waals surface area (Å²) in [6, 6.07) is 16.3. The van der Waals surface area contributed by atoms with Crippen molar-refractivity contribution in [1.82, 2.24) is 14.7 Å². The highest BCUT2D eigenvalue weighted by Gasteiger charge is 2.57. The van der Waals surface area contributed by atoms with Gasteiger partial charge in [-0.15, -0.1) is 0 Å². The quantitative estimate of drug-likeness (QED) is 0.426. The van der Waals surface area contributed by atoms with Crippen LogP contribution in [-0.4, -0.2) is 77.3 Å². The number of fused-ring (bicyclic) bond motifs is 2. The van der Waals surface area contributed by atoms with Crippen molar-refractivity contribution in [2.24, 2.45) is 11.3 Å². The molecule has 2 aliphatic rings. The molecular weight excluding hydrogens is 570 g/mol. The van der Waals surface area contributed by atoms with E-state index < -0.39 is 35.5 Å². The fourth-order valence-electron chi connectivity index (χ4n) is 6.36. The van der Waals surface area contributed by atoms with Crippen LogP contribution >= 0.6 is 0 Å². The van der Waals surface area contributed by atoms with Crippen molar-refractivity contribution in [3.63, 3.8) is 0 Å². The number of carbonyl (C=O) groups is 4. The first kappa shape index (κ1) is 33.5. The average Bonchev–Trinajstić information content (AvgIpc) is 3.53. The summed E-state index contributed by atoms with van der Waals surface area (Å²) in [6.07, 6.45) is 0.210. The topological polar surface area (TPSA) is 123 Å². The molecule has 4 atom stereocenters. The van der Waals surface area contributed by atoms with Crippen LogP contribution in [0, 0.1) is 22.7 Å². The molecule has 1 fully saturated rings. The number of anilines is 1. The van der Waals surface area contributed by atoms with E-state index >= 15 is 0 Å². The lowest BCUT2D eigenvalue weighted by molar-refractivity contribution is -0.148. The van der Waals surface area contributed by atoms with Crippen molar-refractivity contribution in [2.75, 3.05) is 26.0 Å². The minimum absolute atomic E-state index is 0.0384. The number of ether oxygens (including phenoxy) is 1. The standard InChI is InChI=1S/C35H45N5O5/c1-23(2)17-28(31(42)40-22-35(18-25(40)20-36)26-15-11-12-16-27(26)37-32(35)43)38(6)30(41)29(19-34(3,4)5)39(7)33(44)45-21-24-13-9-8-10-14-24/h8-16,23,25,28-29H,17-19,21-22H2,1-7H3,(H,37,43)/t25-,28-,29-,35-/m0/s1. The number of nitriles is 1. The molecule has 240 valence electrons. The molecule has 1 N–H and O–H groups in total. The molecule has 0 aromatic heterocycles. The summed E-state index contributed by atoms with van der Waals surface area (Å²) in [5.41, 5.74) is 0.924. The first-order valence-corrected chi connectivity index (χ1v) is 15.5. The first-order valence-electron chi connectivity index (χ1n) is 15.5. The number of para-hydroxylation sites is 1. The summed E-state index contributed by atoms with van der Waals surface area (Å²) in [5.74, 6) is -0.972. The zero-order valence-corrected chi connectivity index (χ0v) is 27.4. The van der Waals surface area contributed by atoms with Gasteiger partial charge in [-0.3, -0.25) is 19.3 Å². The van der Waals surface area contributed by atoms with Gasteiger partial charge in [0, 0.05) is 32.7 Å². The van der Waals surface area contributed by atoms with Crippen molar-refractivity contribution < 1.29 is 23.9 Å². The molecule has 2 aliphatic heterocycles. The number of likely N-dealkylation sites (N-methyl/N-ethyl adjacent to an activating group) is 2. The van der Waals surface area contributed by atoms with Crippen LogP contribution < -0.4 is 5.32 Å². The van der Waals surface area contributed by atoms with E-state index in [1.54, 1.807) is 14.1 Å². The molecular formula is C35H45N5O5. The molecule has 10 heteroatoms. The van der Waals surface area contributed by atoms with Gasteiger partial charge in [0.25, 0.3) is 0 Å². The maximum Gasteiger partial charge on any atom is 0.410 e. The predicted molar refractivity (Wildman–Crippen MR) is 171 cm³/mol. The second-order valence-corrected chi connectivity index (χ2v) is 13.9. The van der Waals surface area contributed by atoms with Crippen molar-refractivity contribution in [3.05, 3.63) is 65.7 Å². The van der Waals surface area contributed by atoms with E-state index in [9.17, 15) is 24.4 Å². The van der Waals surface area contributed by atoms with E-state index in [4.69, 9.17) is 4.74 Å². The second-order valence-electron chi connectivity index (χ2n) is 13.9. The summed E-state index contributed by atoms with van der Waals surface area (Å²) in [4.78, 5) is 59.4. The highest BCUT2D eigenvalue weighted by Crippen LogP contribution is 2.46. The van der Waals surface area contributed by atoms with Gasteiger partial charge in [-0.2, -0.15) is 5.26 Å². The number of amides is 4. The van der Waals surface area contributed by atoms with Crippen molar-refractivity contribution in [2.45, 2.75) is 84.0 Å². The van der Waals surface area contributed by atoms with Crippen LogP contribution in [0.15, 0.2) is 54.6 Å². The van der Waals surface area contributed by atoms with E-state index in [0.29, 0.717) is 18.5 Å². The van der Waals surface area contributed by atoms with Crippen molar-refractivity contribution in [3.8, 4) is 6.07 Å². The zero-order chi connectivity index (χ0) is 33.1. The Morgan fingerprint density at radius 2 is 1.69 bits per heavy atom. The molecule has 2 aromatic carbocycles. The monoisotopic (exact) mass is 615 g/mol. The predicted octanol–water partition coefficient (Wildman–Crippen LogP) is 4.95. The van der Waals surface area contributed by atoms with Gasteiger partial charge in [-0.05, 0) is 41.4 Å². The van der Waals surface area contributed by atoms with Crippen LogP contribution in [0.1, 0.15) is 65.0 Å². The van der Waals surface area contributed by atoms with Crippen LogP contribution in [0.3, 0.4) is 0 Å². The zero-order valence-electron chi connectivity index (χ0n) is 27.4. The summed E-state index contributed by atoms with van der Waals surface area (Å²) < 4.78 is 5.56. The molecule has 2 heterocycles. The lowest BCUT2D eigenvalue weighted by atomic mass is 9.80. The summed E-state index contributed by atoms with van der Waals surface area (Å²) in [7, 11) is 3.12. The fourth-order valence-corrected chi connectivity index (χ4v) is 6.36. The fraction of sp³-hybridized carbons (Fsp3) is 0.514. The number of hydrogen-bond donors (Lipinski definition) is 1. The Bertz CT molecular complexity index is 1460. The van der Waals surface area contributed by atoms with Crippen LogP contribution in [0.4, 0.5) is 10.5 Å². The molecule has 0 unspecified atom stereocenters. The lowest BCUT2D eigenvalue weighted by Gasteiger charge is -2.38. The molecule has 0 radical (unpaired) electrons. The lowest BCUT2D eigenvalue weighted by Crippen LogP contribution is -2.57. The normalized spacial score (nSPS) is 20.3. The number of nitrogens with one attached hydrogen (secondary N) is 1. The van der Waals surface area contributed by atoms with E-state index in [1.165, 1.54) is 14.7 Å². The first-order chi connectivity index (χ1) is 21.2. The molecule has 10 nitrogen and oxygen atoms in total. The van der Waals surface area contributed by atoms with Crippen molar-refractivity contribution in [1.29, 1.82) is 5.26 Å². The van der Waals surface area contributed by atoms with E-state index in [-0.39, 0.29) is 42.7 Å². The summed E-state index contributed by atoms with van der Waals surface area (Å²) in [6.45, 7) is 9.99. The van der Waals surface area contributed by atoms with Crippen LogP contribution in [0.5, 0.6) is 0 Å². The Balaban J connectivity index is 1.60. The van der Waals surface area contributed by atoms with Gasteiger partial charge < -0.3 is 19.9 Å². The Labute approximate surface area is 266 Å². The molecule has 2 aromatic rings. The Kier molecular flexibility index (Phi) is 9.91. The van der Waals surface area contributed by atoms with Gasteiger partial charge in [0.2, 0.25) is 17.7 Å². The molecule has 0 saturated carbocycles. The smallest absolute Gasteiger partial charge is 0.410 e. The highest BCUT2D eigenvalue weighted by molar-refractivity contribution is 6.07. The number of likely N-dealkylation sites (tertiary alicyclic amines) is 1. The average molecular weight is 616 g/mol. The Hall–Kier alpha value is -4.39. The van der Waals surface area contributed by atoms with Gasteiger partial charge in [-0.25, -0.2) is 4.79 Å². The Morgan fingerprint density at radius 1 is 1.04 bits per heavy atom. The number of benzene rings is 2. The van der Waals surface area contributed by atoms with Gasteiger partial charge in [-0.1, -0.05) is 83.1 Å². The molecule has 4 amide bonds. The van der Waals surface area contributed by atoms with Crippen LogP contribution in [0.25, 0.3) is 0 Å². The minimum atomic E-state index is -1.03. The third-order valence-electron chi connectivity index (χ3n) is 8.76. The second kappa shape index (κ2) is 13.3. The highest BCUT2D eigenvalue weighted by atomic mass is 16.6. The van der Waals surface area contributed by atoms with Crippen LogP contribution in [-0.2, 0) is 31.1 Å². The maximum absolute atomic E-state index is 14.4. The third-order valence-corrected chi connectivity index (χ3v) is 8.76. The molecule has 1 saturated heterocycles. The number of rotatable bonds is 9. The SMILES string of the molecule is CC(C)C[C@@H](C(=O)N1C[C@]2(C[C@H]1C#N)C(=O)Nc1ccccc12)N(C)C(=O)[C@H](CC(C)(C)C)N(C)C(=O)OCc1ccccc1. The van der Waals surface area contributed by atoms with Gasteiger partial charge in [0.05, 0.1) is 11.5 Å². The molecule has 45 heavy (non-hydrogen) atoms. The summed E-state index contributed by atoms with van der Waals surface area (Å²) >= 11 is 0. The summed E-state index contributed by atoms with van der Waals surface area (Å²) in [5, 5.41) is 13.1. The van der Waals surface area contributed by atoms with Crippen LogP contribution in [0.2, 0.25) is 0 Å². The number of carbonyl (C=O) groups excluding carboxylic acids is 4. The van der Waals surface area contributed by atoms with E-state index in [1.807, 2.05) is 89.2 Å². The molecule has 4 rings (SSSR count). The third kappa shape index (κ3) is 7.14. The number of hydrogen-bond acceptors (Lipinski definition) is 6. The Morgan fingerprint density at radius 3 is 2.31 bits per heavy atom. The number of nitrogens with zero attached hydrogens (tertiary/aromatic N) is 4.